The van der Waals surface area contributed by atoms with Crippen molar-refractivity contribution in [2.45, 2.75) is 29.9 Å². The molecule has 0 N–H and O–H groups in total. The van der Waals surface area contributed by atoms with E-state index in [0.29, 0.717) is 10.6 Å². The first-order chi connectivity index (χ1) is 13.8. The van der Waals surface area contributed by atoms with Gasteiger partial charge in [-0.05, 0) is 43.7 Å². The first-order valence-corrected chi connectivity index (χ1v) is 11.1. The summed E-state index contributed by atoms with van der Waals surface area (Å²) in [7, 11) is -4.04. The maximum Gasteiger partial charge on any atom is 0.325 e. The van der Waals surface area contributed by atoms with E-state index in [0.717, 1.165) is 0 Å². The summed E-state index contributed by atoms with van der Waals surface area (Å²) in [5.74, 6) is -2.74. The number of hydrogen-bond donors (Lipinski definition) is 0. The topological polar surface area (TPSA) is 86.7 Å². The van der Waals surface area contributed by atoms with Gasteiger partial charge < -0.3 is 9.47 Å². The first-order valence-electron chi connectivity index (χ1n) is 9.20. The second kappa shape index (κ2) is 8.16. The molecule has 0 saturated heterocycles. The standard InChI is InChI=1S/C21H21ClO6S/c1-3-27-19(23)21(20(24)28-4-2)17(14-10-12-15(22)13-11-14)18(21)29(25,26)16-8-6-5-7-9-16/h5-13,17-18H,3-4H2,1-2H3/t17-,18-/m1/s1. The number of rotatable bonds is 7. The van der Waals surface area contributed by atoms with Gasteiger partial charge in [-0.2, -0.15) is 0 Å². The highest BCUT2D eigenvalue weighted by molar-refractivity contribution is 7.92. The lowest BCUT2D eigenvalue weighted by Crippen LogP contribution is -2.35. The zero-order chi connectivity index (χ0) is 21.2. The highest BCUT2D eigenvalue weighted by atomic mass is 35.5. The molecule has 1 fully saturated rings. The molecule has 1 aliphatic carbocycles. The van der Waals surface area contributed by atoms with E-state index in [4.69, 9.17) is 21.1 Å². The van der Waals surface area contributed by atoms with E-state index >= 15 is 0 Å². The fourth-order valence-electron chi connectivity index (χ4n) is 3.72. The fourth-order valence-corrected chi connectivity index (χ4v) is 6.15. The van der Waals surface area contributed by atoms with Gasteiger partial charge in [0.15, 0.2) is 15.3 Å². The van der Waals surface area contributed by atoms with Crippen LogP contribution in [0.3, 0.4) is 0 Å². The van der Waals surface area contributed by atoms with Crippen LogP contribution in [0.25, 0.3) is 0 Å². The molecule has 0 unspecified atom stereocenters. The molecule has 6 nitrogen and oxygen atoms in total. The SMILES string of the molecule is CCOC(=O)C1(C(=O)OCC)[C@H](c2ccc(Cl)cc2)[C@H]1S(=O)(=O)c1ccccc1. The highest BCUT2D eigenvalue weighted by Gasteiger charge is 2.81. The Bertz CT molecular complexity index is 983. The van der Waals surface area contributed by atoms with Gasteiger partial charge in [-0.25, -0.2) is 8.42 Å². The summed E-state index contributed by atoms with van der Waals surface area (Å²) in [6.45, 7) is 3.20. The van der Waals surface area contributed by atoms with Crippen molar-refractivity contribution in [2.75, 3.05) is 13.2 Å². The minimum Gasteiger partial charge on any atom is -0.465 e. The normalized spacial score (nSPS) is 20.0. The van der Waals surface area contributed by atoms with Crippen LogP contribution in [0.5, 0.6) is 0 Å². The molecule has 2 atom stereocenters. The largest absolute Gasteiger partial charge is 0.465 e. The van der Waals surface area contributed by atoms with Gasteiger partial charge >= 0.3 is 11.9 Å². The maximum absolute atomic E-state index is 13.4. The predicted molar refractivity (Wildman–Crippen MR) is 107 cm³/mol. The molecule has 2 aromatic carbocycles. The number of carbonyl (C=O) groups is 2. The molecule has 154 valence electrons. The van der Waals surface area contributed by atoms with E-state index in [2.05, 4.69) is 0 Å². The molecule has 1 saturated carbocycles. The van der Waals surface area contributed by atoms with E-state index in [9.17, 15) is 18.0 Å². The minimum absolute atomic E-state index is 0.00539. The smallest absolute Gasteiger partial charge is 0.325 e. The van der Waals surface area contributed by atoms with Gasteiger partial charge in [-0.1, -0.05) is 41.9 Å². The maximum atomic E-state index is 13.4. The Morgan fingerprint density at radius 2 is 1.45 bits per heavy atom. The first kappa shape index (κ1) is 21.3. The number of carbonyl (C=O) groups excluding carboxylic acids is 2. The van der Waals surface area contributed by atoms with Gasteiger partial charge in [-0.3, -0.25) is 9.59 Å². The summed E-state index contributed by atoms with van der Waals surface area (Å²) in [4.78, 5) is 26.0. The Morgan fingerprint density at radius 3 is 1.93 bits per heavy atom. The lowest BCUT2D eigenvalue weighted by molar-refractivity contribution is -0.164. The number of halogens is 1. The number of ether oxygens (including phenoxy) is 2. The third-order valence-corrected chi connectivity index (χ3v) is 7.49. The van der Waals surface area contributed by atoms with Crippen molar-refractivity contribution >= 4 is 33.4 Å². The fraction of sp³-hybridized carbons (Fsp3) is 0.333. The van der Waals surface area contributed by atoms with Crippen molar-refractivity contribution in [1.82, 2.24) is 0 Å². The van der Waals surface area contributed by atoms with Crippen LogP contribution >= 0.6 is 11.6 Å². The number of esters is 2. The Hall–Kier alpha value is -2.38. The monoisotopic (exact) mass is 436 g/mol. The third kappa shape index (κ3) is 3.53. The molecule has 0 aromatic heterocycles. The quantitative estimate of drug-likeness (QED) is 0.488. The zero-order valence-electron chi connectivity index (χ0n) is 16.0. The molecule has 0 aliphatic heterocycles. The van der Waals surface area contributed by atoms with Crippen LogP contribution in [0, 0.1) is 5.41 Å². The average Bonchev–Trinajstić information content (AvgIpc) is 3.42. The molecule has 0 spiro atoms. The average molecular weight is 437 g/mol. The van der Waals surface area contributed by atoms with Crippen LogP contribution in [-0.2, 0) is 28.9 Å². The molecule has 0 radical (unpaired) electrons. The Morgan fingerprint density at radius 1 is 0.931 bits per heavy atom. The van der Waals surface area contributed by atoms with Crippen molar-refractivity contribution in [2.24, 2.45) is 5.41 Å². The summed E-state index contributed by atoms with van der Waals surface area (Å²) >= 11 is 5.95. The van der Waals surface area contributed by atoms with Gasteiger partial charge in [0.25, 0.3) is 0 Å². The van der Waals surface area contributed by atoms with Gasteiger partial charge in [0.05, 0.1) is 18.1 Å². The molecule has 3 rings (SSSR count). The molecule has 29 heavy (non-hydrogen) atoms. The zero-order valence-corrected chi connectivity index (χ0v) is 17.6. The minimum atomic E-state index is -4.04. The van der Waals surface area contributed by atoms with Crippen LogP contribution in [0.1, 0.15) is 25.3 Å². The van der Waals surface area contributed by atoms with E-state index < -0.39 is 38.4 Å². The van der Waals surface area contributed by atoms with Gasteiger partial charge in [-0.15, -0.1) is 0 Å². The summed E-state index contributed by atoms with van der Waals surface area (Å²) < 4.78 is 37.2. The molecule has 2 aromatic rings. The van der Waals surface area contributed by atoms with Crippen LogP contribution in [0.15, 0.2) is 59.5 Å². The molecule has 8 heteroatoms. The van der Waals surface area contributed by atoms with Crippen LogP contribution < -0.4 is 0 Å². The lowest BCUT2D eigenvalue weighted by Gasteiger charge is -2.15. The molecule has 0 heterocycles. The lowest BCUT2D eigenvalue weighted by atomic mass is 9.99. The summed E-state index contributed by atoms with van der Waals surface area (Å²) in [6, 6.07) is 14.1. The predicted octanol–water partition coefficient (Wildman–Crippen LogP) is 3.39. The second-order valence-corrected chi connectivity index (χ2v) is 9.12. The van der Waals surface area contributed by atoms with Crippen LogP contribution in [0.2, 0.25) is 5.02 Å². The van der Waals surface area contributed by atoms with E-state index in [1.807, 2.05) is 0 Å². The molecule has 0 amide bonds. The Kier molecular flexibility index (Phi) is 6.00. The molecule has 0 bridgehead atoms. The summed E-state index contributed by atoms with van der Waals surface area (Å²) in [5, 5.41) is -0.883. The van der Waals surface area contributed by atoms with E-state index in [-0.39, 0.29) is 18.1 Å². The number of hydrogen-bond acceptors (Lipinski definition) is 6. The van der Waals surface area contributed by atoms with E-state index in [1.54, 1.807) is 56.3 Å². The third-order valence-electron chi connectivity index (χ3n) is 4.99. The Balaban J connectivity index is 2.19. The van der Waals surface area contributed by atoms with Crippen molar-refractivity contribution in [1.29, 1.82) is 0 Å². The van der Waals surface area contributed by atoms with Crippen molar-refractivity contribution in [3.05, 3.63) is 65.2 Å². The molecular weight excluding hydrogens is 416 g/mol. The molecule has 1 aliphatic rings. The van der Waals surface area contributed by atoms with Gasteiger partial charge in [0.2, 0.25) is 0 Å². The van der Waals surface area contributed by atoms with Crippen molar-refractivity contribution in [3.8, 4) is 0 Å². The number of benzene rings is 2. The Labute approximate surface area is 174 Å². The van der Waals surface area contributed by atoms with Gasteiger partial charge in [0.1, 0.15) is 5.25 Å². The summed E-state index contributed by atoms with van der Waals surface area (Å²) in [5.41, 5.74) is -1.46. The van der Waals surface area contributed by atoms with Gasteiger partial charge in [0, 0.05) is 10.9 Å². The van der Waals surface area contributed by atoms with Crippen LogP contribution in [-0.4, -0.2) is 38.8 Å². The molecular formula is C21H21ClO6S. The van der Waals surface area contributed by atoms with E-state index in [1.165, 1.54) is 12.1 Å². The highest BCUT2D eigenvalue weighted by Crippen LogP contribution is 2.65. The van der Waals surface area contributed by atoms with Crippen LogP contribution in [0.4, 0.5) is 0 Å². The van der Waals surface area contributed by atoms with Crippen molar-refractivity contribution in [3.63, 3.8) is 0 Å². The van der Waals surface area contributed by atoms with Crippen molar-refractivity contribution < 1.29 is 27.5 Å². The number of sulfone groups is 1. The second-order valence-electron chi connectivity index (χ2n) is 6.62. The summed E-state index contributed by atoms with van der Waals surface area (Å²) in [6.07, 6.45) is 0.